The van der Waals surface area contributed by atoms with E-state index >= 15 is 0 Å². The van der Waals surface area contributed by atoms with Gasteiger partial charge in [0.25, 0.3) is 0 Å². The van der Waals surface area contributed by atoms with E-state index in [1.165, 1.54) is 0 Å². The quantitative estimate of drug-likeness (QED) is 0.162. The molecule has 0 spiro atoms. The fourth-order valence-electron chi connectivity index (χ4n) is 7.28. The van der Waals surface area contributed by atoms with Gasteiger partial charge in [0.1, 0.15) is 0 Å². The van der Waals surface area contributed by atoms with Gasteiger partial charge in [-0.1, -0.05) is 112 Å². The molecule has 236 valence electrons. The third kappa shape index (κ3) is 7.49. The van der Waals surface area contributed by atoms with E-state index in [0.717, 1.165) is 34.8 Å². The minimum absolute atomic E-state index is 0.185. The Morgan fingerprint density at radius 1 is 0.395 bits per heavy atom. The van der Waals surface area contributed by atoms with Crippen LogP contribution in [-0.2, 0) is 26.6 Å². The van der Waals surface area contributed by atoms with Crippen LogP contribution in [0.4, 0.5) is 0 Å². The van der Waals surface area contributed by atoms with E-state index in [1.807, 2.05) is 18.2 Å². The third-order valence-electron chi connectivity index (χ3n) is 9.35. The van der Waals surface area contributed by atoms with Gasteiger partial charge in [-0.2, -0.15) is 0 Å². The lowest BCUT2D eigenvalue weighted by Gasteiger charge is -2.40. The molecule has 0 radical (unpaired) electrons. The van der Waals surface area contributed by atoms with Crippen LogP contribution >= 0.6 is 0 Å². The predicted octanol–water partition coefficient (Wildman–Crippen LogP) is 5.87. The summed E-state index contributed by atoms with van der Waals surface area (Å²) >= 11 is 0. The summed E-state index contributed by atoms with van der Waals surface area (Å²) in [5, 5.41) is 3.45. The van der Waals surface area contributed by atoms with E-state index in [1.54, 1.807) is 42.7 Å². The van der Waals surface area contributed by atoms with Gasteiger partial charge in [-0.05, 0) is 40.7 Å². The van der Waals surface area contributed by atoms with Gasteiger partial charge in [-0.25, -0.2) is 0 Å². The normalized spacial score (nSPS) is 15.6. The summed E-state index contributed by atoms with van der Waals surface area (Å²) in [4.78, 5) is 0. The lowest BCUT2D eigenvalue weighted by Crippen LogP contribution is -2.57. The Balaban J connectivity index is 2.03. The van der Waals surface area contributed by atoms with E-state index in [-0.39, 0.29) is 16.6 Å². The molecule has 3 aromatic rings. The summed E-state index contributed by atoms with van der Waals surface area (Å²) in [6.07, 6.45) is 2.78. The largest absolute Gasteiger partial charge is 0.394 e. The molecule has 3 aromatic carbocycles. The molecule has 6 nitrogen and oxygen atoms in total. The molecule has 3 atom stereocenters. The Morgan fingerprint density at radius 3 is 0.791 bits per heavy atom. The molecule has 43 heavy (non-hydrogen) atoms. The summed E-state index contributed by atoms with van der Waals surface area (Å²) in [5.74, 6) is 0.308. The second-order valence-electron chi connectivity index (χ2n) is 11.6. The number of hydrogen-bond donors (Lipinski definition) is 0. The Kier molecular flexibility index (Phi) is 13.6. The Morgan fingerprint density at radius 2 is 0.605 bits per heavy atom. The highest BCUT2D eigenvalue weighted by Crippen LogP contribution is 2.42. The first-order valence-corrected chi connectivity index (χ1v) is 20.9. The highest BCUT2D eigenvalue weighted by Gasteiger charge is 2.50. The summed E-state index contributed by atoms with van der Waals surface area (Å²) < 4.78 is 38.0. The van der Waals surface area contributed by atoms with Crippen LogP contribution in [-0.4, -0.2) is 68.3 Å². The smallest absolute Gasteiger partial charge is 0.374 e. The van der Waals surface area contributed by atoms with Gasteiger partial charge in [0.05, 0.1) is 0 Å². The molecule has 0 aliphatic heterocycles. The minimum atomic E-state index is -2.74. The molecule has 0 bridgehead atoms. The summed E-state index contributed by atoms with van der Waals surface area (Å²) in [5.41, 5.74) is 0.556. The molecule has 0 amide bonds. The predicted molar refractivity (Wildman–Crippen MR) is 183 cm³/mol. The molecule has 0 saturated heterocycles. The molecule has 0 heterocycles. The average Bonchev–Trinajstić information content (AvgIpc) is 3.05. The molecule has 3 rings (SSSR count). The lowest BCUT2D eigenvalue weighted by atomic mass is 9.93. The maximum absolute atomic E-state index is 6.34. The fourth-order valence-corrected chi connectivity index (χ4v) is 17.2. The van der Waals surface area contributed by atoms with Crippen LogP contribution in [0.1, 0.15) is 40.0 Å². The number of benzene rings is 3. The fraction of sp³-hybridized carbons (Fsp3) is 0.471. The van der Waals surface area contributed by atoms with Gasteiger partial charge in [-0.3, -0.25) is 0 Å². The summed E-state index contributed by atoms with van der Waals surface area (Å²) in [6, 6.07) is 31.4. The Bertz CT molecular complexity index is 1040. The van der Waals surface area contributed by atoms with Crippen LogP contribution in [0, 0.1) is 5.92 Å². The van der Waals surface area contributed by atoms with E-state index < -0.39 is 25.7 Å². The topological polar surface area (TPSA) is 55.4 Å². The second-order valence-corrected chi connectivity index (χ2v) is 22.7. The minimum Gasteiger partial charge on any atom is -0.394 e. The highest BCUT2D eigenvalue weighted by atomic mass is 28.4. The van der Waals surface area contributed by atoms with Crippen molar-refractivity contribution in [2.45, 2.75) is 56.7 Å². The van der Waals surface area contributed by atoms with Crippen molar-refractivity contribution in [2.24, 2.45) is 5.92 Å². The Hall–Kier alpha value is -1.93. The van der Waals surface area contributed by atoms with Crippen molar-refractivity contribution >= 4 is 41.2 Å². The van der Waals surface area contributed by atoms with Crippen molar-refractivity contribution in [2.75, 3.05) is 42.7 Å². The molecule has 0 saturated carbocycles. The average molecular weight is 641 g/mol. The van der Waals surface area contributed by atoms with Crippen molar-refractivity contribution in [1.82, 2.24) is 0 Å². The molecule has 0 aliphatic rings. The van der Waals surface area contributed by atoms with Gasteiger partial charge < -0.3 is 26.6 Å². The van der Waals surface area contributed by atoms with E-state index in [4.69, 9.17) is 26.6 Å². The third-order valence-corrected chi connectivity index (χ3v) is 21.0. The van der Waals surface area contributed by atoms with E-state index in [0.29, 0.717) is 5.92 Å². The summed E-state index contributed by atoms with van der Waals surface area (Å²) in [6.45, 7) is 6.87. The summed E-state index contributed by atoms with van der Waals surface area (Å²) in [7, 11) is 2.56. The van der Waals surface area contributed by atoms with Crippen LogP contribution in [0.15, 0.2) is 91.0 Å². The van der Waals surface area contributed by atoms with Crippen LogP contribution in [0.25, 0.3) is 0 Å². The second kappa shape index (κ2) is 16.4. The Labute approximate surface area is 263 Å². The van der Waals surface area contributed by atoms with E-state index in [9.17, 15) is 0 Å². The standard InChI is InChI=1S/C34H52O6Si3/c1-28(41(35-4,36-5)32-19-13-10-14-20-32)25-31(26-29(2)42(37-6,38-7)33-21-15-11-16-22-33)27-30(3)43(39-8,40-9)34-23-17-12-18-24-34/h10-24,28-31H,25-27H2,1-9H3. The number of hydrogen-bond acceptors (Lipinski definition) is 6. The highest BCUT2D eigenvalue weighted by molar-refractivity contribution is 6.83. The zero-order valence-electron chi connectivity index (χ0n) is 27.5. The van der Waals surface area contributed by atoms with Crippen LogP contribution < -0.4 is 15.6 Å². The van der Waals surface area contributed by atoms with Gasteiger partial charge in [-0.15, -0.1) is 0 Å². The molecular weight excluding hydrogens is 589 g/mol. The maximum Gasteiger partial charge on any atom is 0.374 e. The molecule has 0 N–H and O–H groups in total. The first-order valence-electron chi connectivity index (χ1n) is 15.2. The first kappa shape index (κ1) is 35.5. The van der Waals surface area contributed by atoms with Gasteiger partial charge in [0.15, 0.2) is 0 Å². The zero-order valence-corrected chi connectivity index (χ0v) is 30.5. The van der Waals surface area contributed by atoms with Crippen molar-refractivity contribution < 1.29 is 26.6 Å². The molecule has 0 fully saturated rings. The van der Waals surface area contributed by atoms with Crippen LogP contribution in [0.5, 0.6) is 0 Å². The van der Waals surface area contributed by atoms with Crippen molar-refractivity contribution in [1.29, 1.82) is 0 Å². The van der Waals surface area contributed by atoms with Crippen LogP contribution in [0.2, 0.25) is 16.6 Å². The van der Waals surface area contributed by atoms with Gasteiger partial charge >= 0.3 is 25.7 Å². The number of rotatable bonds is 18. The molecule has 3 unspecified atom stereocenters. The molecule has 0 aliphatic carbocycles. The molecular formula is C34H52O6Si3. The van der Waals surface area contributed by atoms with Crippen molar-refractivity contribution in [3.8, 4) is 0 Å². The zero-order chi connectivity index (χ0) is 31.5. The van der Waals surface area contributed by atoms with Crippen molar-refractivity contribution in [3.05, 3.63) is 91.0 Å². The monoisotopic (exact) mass is 640 g/mol. The lowest BCUT2D eigenvalue weighted by molar-refractivity contribution is 0.217. The van der Waals surface area contributed by atoms with Crippen LogP contribution in [0.3, 0.4) is 0 Å². The first-order chi connectivity index (χ1) is 20.7. The molecule has 0 aromatic heterocycles. The molecule has 9 heteroatoms. The van der Waals surface area contributed by atoms with Gasteiger partial charge in [0, 0.05) is 59.3 Å². The van der Waals surface area contributed by atoms with Crippen molar-refractivity contribution in [3.63, 3.8) is 0 Å². The SMILES string of the molecule is CO[Si](OC)(c1ccccc1)C(C)CC(CC(C)[Si](OC)(OC)c1ccccc1)CC(C)[Si](OC)(OC)c1ccccc1. The maximum atomic E-state index is 6.34. The van der Waals surface area contributed by atoms with E-state index in [2.05, 4.69) is 93.6 Å². The van der Waals surface area contributed by atoms with Gasteiger partial charge in [0.2, 0.25) is 0 Å².